The largest absolute Gasteiger partial charge is 0.442 e. The lowest BCUT2D eigenvalue weighted by Gasteiger charge is -2.19. The van der Waals surface area contributed by atoms with E-state index in [2.05, 4.69) is 34.8 Å². The third kappa shape index (κ3) is 2.37. The predicted molar refractivity (Wildman–Crippen MR) is 35.6 cm³/mol. The first-order valence-electron chi connectivity index (χ1n) is 2.26. The van der Waals surface area contributed by atoms with E-state index in [0.717, 1.165) is 0 Å². The van der Waals surface area contributed by atoms with Crippen molar-refractivity contribution in [2.75, 3.05) is 0 Å². The first kappa shape index (κ1) is 12.3. The Balaban J connectivity index is 5.01. The van der Waals surface area contributed by atoms with Crippen molar-refractivity contribution in [2.24, 2.45) is 0 Å². The van der Waals surface area contributed by atoms with Crippen molar-refractivity contribution in [3.63, 3.8) is 0 Å². The van der Waals surface area contributed by atoms with Gasteiger partial charge >= 0.3 is 11.3 Å². The molecule has 1 unspecified atom stereocenters. The zero-order chi connectivity index (χ0) is 10.2. The highest BCUT2D eigenvalue weighted by Crippen LogP contribution is 2.46. The Labute approximate surface area is 78.9 Å². The van der Waals surface area contributed by atoms with Crippen molar-refractivity contribution >= 4 is 34.8 Å². The van der Waals surface area contributed by atoms with Crippen LogP contribution in [0.5, 0.6) is 0 Å². The van der Waals surface area contributed by atoms with Gasteiger partial charge < -0.3 is 0 Å². The van der Waals surface area contributed by atoms with Gasteiger partial charge in [-0.05, 0) is 11.6 Å². The van der Waals surface area contributed by atoms with Gasteiger partial charge in [0.25, 0.3) is 0 Å². The van der Waals surface area contributed by atoms with Gasteiger partial charge in [-0.15, -0.1) is 0 Å². The zero-order valence-electron chi connectivity index (χ0n) is 5.02. The second-order valence-electron chi connectivity index (χ2n) is 1.65. The Morgan fingerprint density at radius 3 is 1.42 bits per heavy atom. The number of hydrogen-bond donors (Lipinski definition) is 0. The summed E-state index contributed by atoms with van der Waals surface area (Å²) < 4.78 is 59.0. The Kier molecular flexibility index (Phi) is 3.63. The molecule has 0 spiro atoms. The van der Waals surface area contributed by atoms with E-state index in [0.29, 0.717) is 0 Å². The molecule has 0 saturated carbocycles. The average Bonchev–Trinajstić information content (AvgIpc) is 1.83. The van der Waals surface area contributed by atoms with Crippen molar-refractivity contribution in [1.82, 2.24) is 0 Å². The van der Waals surface area contributed by atoms with E-state index < -0.39 is 21.6 Å². The topological polar surface area (TPSA) is 0 Å². The molecule has 0 aliphatic heterocycles. The third-order valence-corrected chi connectivity index (χ3v) is 2.01. The second-order valence-corrected chi connectivity index (χ2v) is 2.88. The fraction of sp³-hybridized carbons (Fsp3) is 0.500. The van der Waals surface area contributed by atoms with Gasteiger partial charge in [0.05, 0.1) is 0 Å². The van der Waals surface area contributed by atoms with Gasteiger partial charge in [0.2, 0.25) is 5.29 Å². The van der Waals surface area contributed by atoms with Crippen LogP contribution >= 0.6 is 34.8 Å². The molecule has 0 aromatic rings. The van der Waals surface area contributed by atoms with Gasteiger partial charge in [-0.3, -0.25) is 0 Å². The summed E-state index contributed by atoms with van der Waals surface area (Å²) in [7, 11) is 0. The molecule has 0 bridgehead atoms. The lowest BCUT2D eigenvalue weighted by Crippen LogP contribution is -2.35. The molecule has 0 aliphatic rings. The third-order valence-electron chi connectivity index (χ3n) is 0.798. The van der Waals surface area contributed by atoms with Gasteiger partial charge in [0.15, 0.2) is 0 Å². The van der Waals surface area contributed by atoms with Crippen molar-refractivity contribution in [1.29, 1.82) is 0 Å². The zero-order valence-corrected chi connectivity index (χ0v) is 7.29. The number of allylic oxidation sites excluding steroid dienone is 1. The minimum Gasteiger partial charge on any atom is -0.209 e. The maximum atomic E-state index is 12.4. The molecule has 0 amide bonds. The molecule has 12 heavy (non-hydrogen) atoms. The van der Waals surface area contributed by atoms with Crippen molar-refractivity contribution < 1.29 is 22.0 Å². The molecule has 0 rings (SSSR count). The molecule has 1 atom stereocenters. The minimum atomic E-state index is -5.52. The molecule has 0 heterocycles. The number of halogens is 8. The first-order chi connectivity index (χ1) is 5.10. The summed E-state index contributed by atoms with van der Waals surface area (Å²) in [5.41, 5.74) is 0. The summed E-state index contributed by atoms with van der Waals surface area (Å²) in [5, 5.41) is -8.44. The molecule has 0 fully saturated rings. The van der Waals surface area contributed by atoms with Crippen molar-refractivity contribution in [3.05, 3.63) is 10.3 Å². The van der Waals surface area contributed by atoms with Crippen molar-refractivity contribution in [3.8, 4) is 0 Å². The second kappa shape index (κ2) is 3.55. The summed E-state index contributed by atoms with van der Waals surface area (Å²) in [4.78, 5) is 0. The highest BCUT2D eigenvalue weighted by atomic mass is 35.5. The Morgan fingerprint density at radius 2 is 1.33 bits per heavy atom. The summed E-state index contributed by atoms with van der Waals surface area (Å²) in [6.07, 6.45) is -5.52. The fourth-order valence-corrected chi connectivity index (χ4v) is 0.612. The Hall–Kier alpha value is 0.260. The van der Waals surface area contributed by atoms with Gasteiger partial charge in [-0.25, -0.2) is 4.39 Å². The molecule has 0 aliphatic carbocycles. The Morgan fingerprint density at radius 1 is 1.00 bits per heavy atom. The smallest absolute Gasteiger partial charge is 0.209 e. The van der Waals surface area contributed by atoms with Crippen LogP contribution in [0.2, 0.25) is 0 Å². The minimum absolute atomic E-state index is 1.93. The average molecular weight is 249 g/mol. The fourth-order valence-electron chi connectivity index (χ4n) is 0.243. The SMILES string of the molecule is FC(Cl)=C(Cl)C(F)(Cl)C(F)(F)F. The molecule has 0 N–H and O–H groups in total. The predicted octanol–water partition coefficient (Wildman–Crippen LogP) is 4.07. The molecule has 0 radical (unpaired) electrons. The van der Waals surface area contributed by atoms with E-state index in [4.69, 9.17) is 0 Å². The highest BCUT2D eigenvalue weighted by molar-refractivity contribution is 6.43. The van der Waals surface area contributed by atoms with E-state index in [1.807, 2.05) is 0 Å². The standard InChI is InChI=1S/C4Cl3F5/c5-1(2(6)8)3(7,9)4(10,11)12. The summed E-state index contributed by atoms with van der Waals surface area (Å²) in [5.74, 6) is 0. The molecular weight excluding hydrogens is 249 g/mol. The van der Waals surface area contributed by atoms with Crippen LogP contribution in [0.3, 0.4) is 0 Å². The number of hydrogen-bond acceptors (Lipinski definition) is 0. The van der Waals surface area contributed by atoms with Crippen LogP contribution in [-0.4, -0.2) is 11.3 Å². The van der Waals surface area contributed by atoms with Crippen LogP contribution in [0, 0.1) is 0 Å². The van der Waals surface area contributed by atoms with Gasteiger partial charge in [0.1, 0.15) is 5.03 Å². The molecule has 0 saturated heterocycles. The summed E-state index contributed by atoms with van der Waals surface area (Å²) in [6.45, 7) is 0. The van der Waals surface area contributed by atoms with Crippen LogP contribution < -0.4 is 0 Å². The van der Waals surface area contributed by atoms with Crippen LogP contribution in [0.25, 0.3) is 0 Å². The van der Waals surface area contributed by atoms with Crippen LogP contribution in [-0.2, 0) is 0 Å². The molecule has 0 nitrogen and oxygen atoms in total. The van der Waals surface area contributed by atoms with E-state index >= 15 is 0 Å². The molecule has 8 heteroatoms. The molecule has 72 valence electrons. The van der Waals surface area contributed by atoms with E-state index in [-0.39, 0.29) is 0 Å². The monoisotopic (exact) mass is 248 g/mol. The lowest BCUT2D eigenvalue weighted by atomic mass is 10.3. The van der Waals surface area contributed by atoms with Crippen LogP contribution in [0.1, 0.15) is 0 Å². The lowest BCUT2D eigenvalue weighted by molar-refractivity contribution is -0.184. The van der Waals surface area contributed by atoms with Gasteiger partial charge in [-0.1, -0.05) is 23.2 Å². The summed E-state index contributed by atoms with van der Waals surface area (Å²) >= 11 is 13.2. The maximum absolute atomic E-state index is 12.4. The molecular formula is C4Cl3F5. The molecule has 0 aromatic carbocycles. The van der Waals surface area contributed by atoms with Crippen molar-refractivity contribution in [2.45, 2.75) is 11.3 Å². The van der Waals surface area contributed by atoms with Gasteiger partial charge in [0, 0.05) is 0 Å². The normalized spacial score (nSPS) is 20.0. The maximum Gasteiger partial charge on any atom is 0.442 e. The van der Waals surface area contributed by atoms with E-state index in [9.17, 15) is 22.0 Å². The van der Waals surface area contributed by atoms with E-state index in [1.54, 1.807) is 0 Å². The molecule has 0 aromatic heterocycles. The summed E-state index contributed by atoms with van der Waals surface area (Å²) in [6, 6.07) is 0. The van der Waals surface area contributed by atoms with Gasteiger partial charge in [-0.2, -0.15) is 17.6 Å². The highest BCUT2D eigenvalue weighted by Gasteiger charge is 2.58. The Bertz CT molecular complexity index is 201. The number of alkyl halides is 5. The first-order valence-corrected chi connectivity index (χ1v) is 3.40. The van der Waals surface area contributed by atoms with Crippen LogP contribution in [0.15, 0.2) is 10.3 Å². The van der Waals surface area contributed by atoms with E-state index in [1.165, 1.54) is 0 Å². The number of rotatable bonds is 1. The quantitative estimate of drug-likeness (QED) is 0.485. The van der Waals surface area contributed by atoms with Crippen LogP contribution in [0.4, 0.5) is 22.0 Å².